The molecule has 4 amide bonds. The van der Waals surface area contributed by atoms with Gasteiger partial charge in [0.15, 0.2) is 0 Å². The zero-order valence-electron chi connectivity index (χ0n) is 37.6. The number of aliphatic hydroxyl groups excluding tert-OH is 1. The number of phenols is 1. The zero-order chi connectivity index (χ0) is 47.5. The molecular weight excluding hydrogens is 896 g/mol. The summed E-state index contributed by atoms with van der Waals surface area (Å²) in [5, 5.41) is 37.0. The predicted octanol–water partition coefficient (Wildman–Crippen LogP) is 6.72. The standard InChI is InChI=1S/C49H58Cl2N10O6/c1-2-33-35(27-57-48(52)44(33)30-11-14-32(63)15-12-30)31-13-16-40(56-26-31)49(67)55-20-19-53-41(64)9-7-5-3-4-6-8-10-42(65)54-21-24-61-23-18-39(59-61)34-25-37(50)46(51)47-45(34)36-28-60(43(66)29-62)22-17-38(36)58-47/h11-16,18,23,25-27,36,38,58,62-63H,2-10,17,19-22,24,28-29H2,1H3,(H2,52,57)(H,53,64)(H,54,65)(H,55,67). The summed E-state index contributed by atoms with van der Waals surface area (Å²) >= 11 is 13.2. The first-order valence-electron chi connectivity index (χ1n) is 23.0. The number of nitrogens with one attached hydrogen (secondary N) is 4. The summed E-state index contributed by atoms with van der Waals surface area (Å²) in [7, 11) is 0. The number of benzene rings is 2. The van der Waals surface area contributed by atoms with Crippen LogP contribution in [0.25, 0.3) is 33.5 Å². The van der Waals surface area contributed by atoms with E-state index in [2.05, 4.69) is 31.2 Å². The highest BCUT2D eigenvalue weighted by Gasteiger charge is 2.41. The fourth-order valence-electron chi connectivity index (χ4n) is 8.99. The molecule has 5 heterocycles. The van der Waals surface area contributed by atoms with Crippen molar-refractivity contribution in [3.8, 4) is 39.3 Å². The van der Waals surface area contributed by atoms with Crippen LogP contribution in [0.5, 0.6) is 5.75 Å². The van der Waals surface area contributed by atoms with E-state index in [0.717, 1.165) is 95.3 Å². The summed E-state index contributed by atoms with van der Waals surface area (Å²) in [5.41, 5.74) is 14.1. The lowest BCUT2D eigenvalue weighted by Gasteiger charge is -2.35. The van der Waals surface area contributed by atoms with Crippen molar-refractivity contribution in [3.05, 3.63) is 94.0 Å². The average Bonchev–Trinajstić information content (AvgIpc) is 3.97. The lowest BCUT2D eigenvalue weighted by atomic mass is 9.86. The molecule has 0 aliphatic carbocycles. The number of unbranched alkanes of at least 4 members (excludes halogenated alkanes) is 5. The number of pyridine rings is 2. The van der Waals surface area contributed by atoms with Gasteiger partial charge < -0.3 is 42.1 Å². The van der Waals surface area contributed by atoms with E-state index in [0.29, 0.717) is 67.8 Å². The molecule has 2 atom stereocenters. The van der Waals surface area contributed by atoms with E-state index in [1.165, 1.54) is 0 Å². The smallest absolute Gasteiger partial charge is 0.269 e. The number of nitrogens with two attached hydrogens (primary N) is 1. The Balaban J connectivity index is 0.737. The van der Waals surface area contributed by atoms with Crippen LogP contribution in [-0.2, 0) is 27.3 Å². The van der Waals surface area contributed by atoms with Crippen molar-refractivity contribution in [2.45, 2.75) is 89.6 Å². The van der Waals surface area contributed by atoms with Crippen LogP contribution in [0.3, 0.4) is 0 Å². The van der Waals surface area contributed by atoms with Gasteiger partial charge in [-0.1, -0.05) is 74.0 Å². The Kier molecular flexibility index (Phi) is 16.7. The number of rotatable bonds is 21. The summed E-state index contributed by atoms with van der Waals surface area (Å²) in [6.45, 7) is 4.01. The fourth-order valence-corrected chi connectivity index (χ4v) is 9.40. The average molecular weight is 954 g/mol. The maximum absolute atomic E-state index is 12.8. The minimum absolute atomic E-state index is 0.00679. The monoisotopic (exact) mass is 952 g/mol. The quantitative estimate of drug-likeness (QED) is 0.0382. The van der Waals surface area contributed by atoms with Crippen LogP contribution < -0.4 is 27.0 Å². The first kappa shape index (κ1) is 48.7. The minimum Gasteiger partial charge on any atom is -0.508 e. The molecule has 2 unspecified atom stereocenters. The third-order valence-electron chi connectivity index (χ3n) is 12.5. The number of aromatic hydroxyl groups is 1. The summed E-state index contributed by atoms with van der Waals surface area (Å²) in [4.78, 5) is 60.5. The van der Waals surface area contributed by atoms with Gasteiger partial charge in [-0.15, -0.1) is 0 Å². The predicted molar refractivity (Wildman–Crippen MR) is 260 cm³/mol. The van der Waals surface area contributed by atoms with Crippen LogP contribution in [0.2, 0.25) is 10.0 Å². The number of anilines is 2. The normalized spacial score (nSPS) is 15.1. The molecule has 3 aromatic heterocycles. The van der Waals surface area contributed by atoms with Crippen molar-refractivity contribution < 1.29 is 29.4 Å². The second-order valence-electron chi connectivity index (χ2n) is 16.9. The van der Waals surface area contributed by atoms with Gasteiger partial charge in [0.05, 0.1) is 28.0 Å². The first-order chi connectivity index (χ1) is 32.4. The number of aromatic nitrogens is 4. The Hall–Kier alpha value is -6.23. The summed E-state index contributed by atoms with van der Waals surface area (Å²) in [6.07, 6.45) is 12.8. The Morgan fingerprint density at radius 1 is 0.851 bits per heavy atom. The number of carbonyl (C=O) groups is 4. The molecule has 0 radical (unpaired) electrons. The largest absolute Gasteiger partial charge is 0.508 e. The molecule has 0 spiro atoms. The maximum atomic E-state index is 12.8. The molecule has 0 bridgehead atoms. The molecule has 16 nitrogen and oxygen atoms in total. The van der Waals surface area contributed by atoms with Gasteiger partial charge in [-0.3, -0.25) is 28.8 Å². The number of halogens is 2. The van der Waals surface area contributed by atoms with E-state index in [4.69, 9.17) is 34.0 Å². The highest BCUT2D eigenvalue weighted by molar-refractivity contribution is 6.44. The van der Waals surface area contributed by atoms with Gasteiger partial charge in [0.1, 0.15) is 23.9 Å². The van der Waals surface area contributed by atoms with Gasteiger partial charge in [0.2, 0.25) is 17.7 Å². The second kappa shape index (κ2) is 23.0. The molecule has 2 aliphatic rings. The molecule has 8 N–H and O–H groups in total. The number of carbonyl (C=O) groups excluding carboxylic acids is 4. The van der Waals surface area contributed by atoms with Gasteiger partial charge in [-0.2, -0.15) is 5.10 Å². The summed E-state index contributed by atoms with van der Waals surface area (Å²) < 4.78 is 1.78. The molecule has 18 heteroatoms. The first-order valence-corrected chi connectivity index (χ1v) is 23.8. The van der Waals surface area contributed by atoms with E-state index in [1.807, 2.05) is 31.3 Å². The number of aliphatic hydroxyl groups is 1. The maximum Gasteiger partial charge on any atom is 0.269 e. The zero-order valence-corrected chi connectivity index (χ0v) is 39.1. The SMILES string of the molecule is CCc1c(-c2ccc(C(=O)NCCNC(=O)CCCCCCCCC(=O)NCCn3ccc(-c4cc(Cl)c(Cl)c5c4C4CN(C(=O)CO)CCC4N5)n3)nc2)cnc(N)c1-c1ccc(O)cc1. The summed E-state index contributed by atoms with van der Waals surface area (Å²) in [6, 6.07) is 14.1. The van der Waals surface area contributed by atoms with Gasteiger partial charge in [0, 0.05) is 98.4 Å². The fraction of sp³-hybridized carbons (Fsp3) is 0.408. The van der Waals surface area contributed by atoms with Crippen LogP contribution in [0.15, 0.2) is 67.1 Å². The minimum atomic E-state index is -0.525. The molecule has 354 valence electrons. The molecular formula is C49H58Cl2N10O6. The number of amides is 4. The lowest BCUT2D eigenvalue weighted by Crippen LogP contribution is -2.46. The number of phenolic OH excluding ortho intramolecular Hbond substituents is 1. The molecule has 7 rings (SSSR count). The van der Waals surface area contributed by atoms with Crippen LogP contribution in [-0.4, -0.2) is 104 Å². The molecule has 1 fully saturated rings. The van der Waals surface area contributed by atoms with E-state index < -0.39 is 6.61 Å². The topological polar surface area (TPSA) is 230 Å². The highest BCUT2D eigenvalue weighted by Crippen LogP contribution is 2.50. The van der Waals surface area contributed by atoms with E-state index in [1.54, 1.807) is 52.3 Å². The number of likely N-dealkylation sites (tertiary alicyclic amines) is 1. The van der Waals surface area contributed by atoms with Crippen molar-refractivity contribution in [1.29, 1.82) is 0 Å². The Morgan fingerprint density at radius 3 is 2.22 bits per heavy atom. The molecule has 2 aliphatic heterocycles. The summed E-state index contributed by atoms with van der Waals surface area (Å²) in [5.74, 6) is -0.174. The van der Waals surface area contributed by atoms with Crippen LogP contribution in [0.1, 0.15) is 92.2 Å². The molecule has 5 aromatic rings. The molecule has 2 aromatic carbocycles. The van der Waals surface area contributed by atoms with Crippen LogP contribution in [0.4, 0.5) is 11.5 Å². The third kappa shape index (κ3) is 12.0. The number of nitrogen functional groups attached to an aromatic ring is 1. The number of fused-ring (bicyclic) bond motifs is 3. The van der Waals surface area contributed by atoms with Gasteiger partial charge in [-0.25, -0.2) is 4.98 Å². The lowest BCUT2D eigenvalue weighted by molar-refractivity contribution is -0.135. The molecule has 67 heavy (non-hydrogen) atoms. The van der Waals surface area contributed by atoms with Crippen molar-refractivity contribution in [2.24, 2.45) is 0 Å². The van der Waals surface area contributed by atoms with Crippen molar-refractivity contribution >= 4 is 58.3 Å². The van der Waals surface area contributed by atoms with Crippen molar-refractivity contribution in [2.75, 3.05) is 50.4 Å². The van der Waals surface area contributed by atoms with Crippen LogP contribution in [0, 0.1) is 0 Å². The molecule has 0 saturated carbocycles. The van der Waals surface area contributed by atoms with E-state index >= 15 is 0 Å². The Labute approximate surface area is 400 Å². The van der Waals surface area contributed by atoms with Crippen molar-refractivity contribution in [3.63, 3.8) is 0 Å². The van der Waals surface area contributed by atoms with Gasteiger partial charge in [0.25, 0.3) is 5.91 Å². The van der Waals surface area contributed by atoms with E-state index in [-0.39, 0.29) is 53.6 Å². The molecule has 1 saturated heterocycles. The number of hydrogen-bond acceptors (Lipinski definition) is 11. The van der Waals surface area contributed by atoms with Gasteiger partial charge in [-0.05, 0) is 72.7 Å². The Morgan fingerprint density at radius 2 is 1.54 bits per heavy atom. The highest BCUT2D eigenvalue weighted by atomic mass is 35.5. The second-order valence-corrected chi connectivity index (χ2v) is 17.7. The van der Waals surface area contributed by atoms with E-state index in [9.17, 15) is 29.4 Å². The van der Waals surface area contributed by atoms with Crippen LogP contribution >= 0.6 is 23.2 Å². The number of hydrogen-bond donors (Lipinski definition) is 7. The van der Waals surface area contributed by atoms with Crippen molar-refractivity contribution in [1.82, 2.24) is 40.6 Å². The third-order valence-corrected chi connectivity index (χ3v) is 13.3. The van der Waals surface area contributed by atoms with Gasteiger partial charge >= 0.3 is 0 Å². The Bertz CT molecular complexity index is 2550. The number of nitrogens with zero attached hydrogens (tertiary/aromatic N) is 5. The number of piperidine rings is 1.